The Morgan fingerprint density at radius 3 is 1.56 bits per heavy atom. The highest BCUT2D eigenvalue weighted by atomic mass is 16.5. The van der Waals surface area contributed by atoms with Crippen LogP contribution in [0.25, 0.3) is 0 Å². The Morgan fingerprint density at radius 1 is 0.557 bits per heavy atom. The number of hydrogen-bond donors (Lipinski definition) is 0. The van der Waals surface area contributed by atoms with Crippen molar-refractivity contribution in [1.82, 2.24) is 9.80 Å². The van der Waals surface area contributed by atoms with Crippen LogP contribution < -0.4 is 0 Å². The zero-order valence-electron chi connectivity index (χ0n) is 40.8. The third kappa shape index (κ3) is 33.1. The van der Waals surface area contributed by atoms with Crippen molar-refractivity contribution in [3.8, 4) is 0 Å². The van der Waals surface area contributed by atoms with Crippen molar-refractivity contribution in [3.63, 3.8) is 0 Å². The van der Waals surface area contributed by atoms with Crippen LogP contribution in [0.2, 0.25) is 0 Å². The highest BCUT2D eigenvalue weighted by Gasteiger charge is 2.41. The minimum Gasteiger partial charge on any atom is -0.466 e. The van der Waals surface area contributed by atoms with Crippen LogP contribution in [-0.2, 0) is 33.4 Å². The molecule has 0 aliphatic carbocycles. The molecule has 0 aromatic carbocycles. The van der Waals surface area contributed by atoms with Gasteiger partial charge in [0.15, 0.2) is 0 Å². The Balaban J connectivity index is 2.38. The lowest BCUT2D eigenvalue weighted by Crippen LogP contribution is -2.28. The molecule has 358 valence electrons. The predicted octanol–water partition coefficient (Wildman–Crippen LogP) is 13.5. The number of unbranched alkanes of at least 4 members (excludes halogenated alkanes) is 25. The normalized spacial score (nSPS) is 15.3. The molecular weight excluding hydrogens is 765 g/mol. The van der Waals surface area contributed by atoms with Crippen LogP contribution >= 0.6 is 0 Å². The fraction of sp³-hybridized carbons (Fsp3) is 0.923. The van der Waals surface area contributed by atoms with Gasteiger partial charge in [-0.2, -0.15) is 0 Å². The first-order valence-corrected chi connectivity index (χ1v) is 26.2. The van der Waals surface area contributed by atoms with E-state index in [9.17, 15) is 19.2 Å². The van der Waals surface area contributed by atoms with Crippen molar-refractivity contribution in [2.75, 3.05) is 40.3 Å². The summed E-state index contributed by atoms with van der Waals surface area (Å²) in [5.41, 5.74) is 0. The lowest BCUT2D eigenvalue weighted by molar-refractivity contribution is -0.151. The number of rotatable bonds is 44. The molecule has 9 heteroatoms. The number of nitrogens with zero attached hydrogens (tertiary/aromatic N) is 2. The Kier molecular flexibility index (Phi) is 37.8. The molecule has 1 aliphatic heterocycles. The van der Waals surface area contributed by atoms with Gasteiger partial charge >= 0.3 is 17.9 Å². The van der Waals surface area contributed by atoms with Gasteiger partial charge in [0.25, 0.3) is 0 Å². The van der Waals surface area contributed by atoms with E-state index in [1.807, 2.05) is 23.9 Å². The Labute approximate surface area is 376 Å². The highest BCUT2D eigenvalue weighted by Crippen LogP contribution is 2.28. The van der Waals surface area contributed by atoms with Crippen molar-refractivity contribution < 1.29 is 33.4 Å². The third-order valence-electron chi connectivity index (χ3n) is 12.5. The third-order valence-corrected chi connectivity index (χ3v) is 12.5. The molecular formula is C52H98N2O7. The minimum absolute atomic E-state index is 0.0282. The maximum Gasteiger partial charge on any atom is 0.307 e. The second-order valence-corrected chi connectivity index (χ2v) is 18.7. The van der Waals surface area contributed by atoms with Gasteiger partial charge in [0.05, 0.1) is 25.5 Å². The summed E-state index contributed by atoms with van der Waals surface area (Å²) in [7, 11) is 3.87. The van der Waals surface area contributed by atoms with Crippen molar-refractivity contribution in [1.29, 1.82) is 0 Å². The summed E-state index contributed by atoms with van der Waals surface area (Å²) in [6.45, 7) is 8.95. The molecule has 1 aliphatic rings. The SMILES string of the molecule is CCCCCCCCCCCOC(=O)CCCCCN1CC(OC(=O)CCN(C)C)C(CCCCCCCCC(=O)OC(CCCCCCCC)CCCCCCCC)C1=O. The van der Waals surface area contributed by atoms with Gasteiger partial charge in [0.1, 0.15) is 12.2 Å². The zero-order valence-corrected chi connectivity index (χ0v) is 40.8. The van der Waals surface area contributed by atoms with Crippen molar-refractivity contribution in [2.45, 2.75) is 264 Å². The number of carbonyl (C=O) groups is 4. The monoisotopic (exact) mass is 863 g/mol. The second kappa shape index (κ2) is 40.6. The van der Waals surface area contributed by atoms with Gasteiger partial charge in [-0.25, -0.2) is 0 Å². The molecule has 61 heavy (non-hydrogen) atoms. The summed E-state index contributed by atoms with van der Waals surface area (Å²) < 4.78 is 17.4. The summed E-state index contributed by atoms with van der Waals surface area (Å²) in [6.07, 6.45) is 38.3. The summed E-state index contributed by atoms with van der Waals surface area (Å²) in [6, 6.07) is 0. The van der Waals surface area contributed by atoms with Crippen LogP contribution in [0.15, 0.2) is 0 Å². The van der Waals surface area contributed by atoms with E-state index in [1.165, 1.54) is 109 Å². The van der Waals surface area contributed by atoms with Crippen LogP contribution in [-0.4, -0.2) is 86.2 Å². The van der Waals surface area contributed by atoms with Gasteiger partial charge in [0, 0.05) is 25.9 Å². The second-order valence-electron chi connectivity index (χ2n) is 18.7. The van der Waals surface area contributed by atoms with Crippen molar-refractivity contribution in [3.05, 3.63) is 0 Å². The van der Waals surface area contributed by atoms with E-state index in [0.717, 1.165) is 103 Å². The maximum absolute atomic E-state index is 13.6. The molecule has 1 heterocycles. The summed E-state index contributed by atoms with van der Waals surface area (Å²) in [5.74, 6) is -0.593. The lowest BCUT2D eigenvalue weighted by atomic mass is 9.96. The lowest BCUT2D eigenvalue weighted by Gasteiger charge is -2.18. The molecule has 2 unspecified atom stereocenters. The molecule has 0 saturated carbocycles. The van der Waals surface area contributed by atoms with E-state index in [2.05, 4.69) is 20.8 Å². The summed E-state index contributed by atoms with van der Waals surface area (Å²) in [4.78, 5) is 55.2. The van der Waals surface area contributed by atoms with E-state index in [-0.39, 0.29) is 35.8 Å². The van der Waals surface area contributed by atoms with E-state index < -0.39 is 6.10 Å². The van der Waals surface area contributed by atoms with Crippen LogP contribution in [0.5, 0.6) is 0 Å². The zero-order chi connectivity index (χ0) is 44.6. The summed E-state index contributed by atoms with van der Waals surface area (Å²) >= 11 is 0. The topological polar surface area (TPSA) is 102 Å². The smallest absolute Gasteiger partial charge is 0.307 e. The molecule has 1 fully saturated rings. The first-order chi connectivity index (χ1) is 29.7. The average Bonchev–Trinajstić information content (AvgIpc) is 3.53. The van der Waals surface area contributed by atoms with Gasteiger partial charge in [-0.05, 0) is 71.9 Å². The molecule has 0 spiro atoms. The molecule has 1 saturated heterocycles. The number of carbonyl (C=O) groups excluding carboxylic acids is 4. The Bertz CT molecular complexity index is 1050. The first kappa shape index (κ1) is 56.9. The van der Waals surface area contributed by atoms with Gasteiger partial charge < -0.3 is 24.0 Å². The van der Waals surface area contributed by atoms with Gasteiger partial charge in [-0.3, -0.25) is 19.2 Å². The van der Waals surface area contributed by atoms with Crippen LogP contribution in [0.1, 0.15) is 252 Å². The molecule has 0 N–H and O–H groups in total. The molecule has 1 rings (SSSR count). The van der Waals surface area contributed by atoms with Crippen molar-refractivity contribution >= 4 is 23.8 Å². The molecule has 0 bridgehead atoms. The van der Waals surface area contributed by atoms with Crippen molar-refractivity contribution in [2.24, 2.45) is 5.92 Å². The van der Waals surface area contributed by atoms with E-state index >= 15 is 0 Å². The number of ether oxygens (including phenoxy) is 3. The fourth-order valence-electron chi connectivity index (χ4n) is 8.57. The molecule has 0 aromatic rings. The molecule has 0 radical (unpaired) electrons. The molecule has 1 amide bonds. The number of esters is 3. The Morgan fingerprint density at radius 2 is 1.02 bits per heavy atom. The number of hydrogen-bond acceptors (Lipinski definition) is 8. The largest absolute Gasteiger partial charge is 0.466 e. The van der Waals surface area contributed by atoms with Crippen LogP contribution in [0, 0.1) is 5.92 Å². The van der Waals surface area contributed by atoms with Crippen LogP contribution in [0.4, 0.5) is 0 Å². The van der Waals surface area contributed by atoms with E-state index in [1.54, 1.807) is 0 Å². The van der Waals surface area contributed by atoms with E-state index in [4.69, 9.17) is 14.2 Å². The van der Waals surface area contributed by atoms with Crippen LogP contribution in [0.3, 0.4) is 0 Å². The maximum atomic E-state index is 13.6. The fourth-order valence-corrected chi connectivity index (χ4v) is 8.57. The quantitative estimate of drug-likeness (QED) is 0.0339. The van der Waals surface area contributed by atoms with Gasteiger partial charge in [-0.1, -0.05) is 175 Å². The number of amides is 1. The predicted molar refractivity (Wildman–Crippen MR) is 253 cm³/mol. The highest BCUT2D eigenvalue weighted by molar-refractivity contribution is 5.82. The average molecular weight is 863 g/mol. The summed E-state index contributed by atoms with van der Waals surface area (Å²) in [5, 5.41) is 0. The number of likely N-dealkylation sites (tertiary alicyclic amines) is 1. The van der Waals surface area contributed by atoms with E-state index in [0.29, 0.717) is 45.5 Å². The first-order valence-electron chi connectivity index (χ1n) is 26.2. The molecule has 9 nitrogen and oxygen atoms in total. The van der Waals surface area contributed by atoms with Gasteiger partial charge in [-0.15, -0.1) is 0 Å². The molecule has 2 atom stereocenters. The molecule has 0 aromatic heterocycles. The minimum atomic E-state index is -0.407. The Hall–Kier alpha value is -2.16. The van der Waals surface area contributed by atoms with Gasteiger partial charge in [0.2, 0.25) is 5.91 Å². The standard InChI is InChI=1S/C52H98N2O7/c1-6-9-12-15-18-19-22-27-35-44-59-49(55)39-33-28-34-42-54-45-48(61-51(57)41-43-53(4)5)47(52(54)58)38-31-25-20-21-26-32-40-50(56)60-46(36-29-23-16-13-10-7-2)37-30-24-17-14-11-8-3/h46-48H,6-45H2,1-5H3.